The number of fused-ring (bicyclic) bond motifs is 2. The van der Waals surface area contributed by atoms with E-state index in [1.54, 1.807) is 20.8 Å². The number of hydrogen-bond donors (Lipinski definition) is 0. The lowest BCUT2D eigenvalue weighted by Crippen LogP contribution is -2.57. The third kappa shape index (κ3) is 1.62. The Morgan fingerprint density at radius 3 is 2.59 bits per heavy atom. The second kappa shape index (κ2) is 3.56. The van der Waals surface area contributed by atoms with Gasteiger partial charge >= 0.3 is 0 Å². The van der Waals surface area contributed by atoms with Crippen LogP contribution >= 0.6 is 11.3 Å². The monoisotopic (exact) mass is 258 g/mol. The van der Waals surface area contributed by atoms with E-state index in [2.05, 4.69) is 51.2 Å². The summed E-state index contributed by atoms with van der Waals surface area (Å²) in [5, 5.41) is 3.32. The molecule has 0 bridgehead atoms. The minimum atomic E-state index is -1.42. The molecule has 1 aliphatic rings. The topological polar surface area (TPSA) is 0 Å². The Hall–Kier alpha value is -0.863. The van der Waals surface area contributed by atoms with Crippen LogP contribution in [0.1, 0.15) is 20.9 Å². The van der Waals surface area contributed by atoms with Gasteiger partial charge in [0, 0.05) is 16.2 Å². The van der Waals surface area contributed by atoms with E-state index >= 15 is 0 Å². The van der Waals surface area contributed by atoms with Crippen LogP contribution < -0.4 is 10.4 Å². The number of rotatable bonds is 0. The van der Waals surface area contributed by atoms with Gasteiger partial charge in [-0.25, -0.2) is 0 Å². The molecule has 0 spiro atoms. The Balaban J connectivity index is 2.26. The molecule has 3 rings (SSSR count). The maximum absolute atomic E-state index is 2.49. The molecular formula is C15H18SSi. The molecule has 0 N–H and O–H groups in total. The molecule has 0 atom stereocenters. The Morgan fingerprint density at radius 2 is 1.82 bits per heavy atom. The maximum atomic E-state index is 2.49. The lowest BCUT2D eigenvalue weighted by molar-refractivity contribution is 1.23. The highest BCUT2D eigenvalue weighted by molar-refractivity contribution is 7.16. The Labute approximate surface area is 108 Å². The third-order valence-electron chi connectivity index (χ3n) is 3.89. The normalized spacial score (nSPS) is 16.5. The average Bonchev–Trinajstić information content (AvgIpc) is 2.59. The first-order valence-corrected chi connectivity index (χ1v) is 10.00. The second-order valence-electron chi connectivity index (χ2n) is 5.66. The van der Waals surface area contributed by atoms with Crippen LogP contribution in [0.4, 0.5) is 0 Å². The van der Waals surface area contributed by atoms with E-state index in [9.17, 15) is 0 Å². The summed E-state index contributed by atoms with van der Waals surface area (Å²) >= 11 is 2.00. The standard InChI is InChI=1S/C15H18SSi/c1-10-5-6-14-12(7-10)9-13-15(17(14,3)4)8-11(2)16-13/h5-8H,9H2,1-4H3. The van der Waals surface area contributed by atoms with Gasteiger partial charge in [-0.05, 0) is 30.7 Å². The fourth-order valence-corrected chi connectivity index (χ4v) is 8.12. The summed E-state index contributed by atoms with van der Waals surface area (Å²) in [7, 11) is -1.42. The van der Waals surface area contributed by atoms with Crippen molar-refractivity contribution in [1.82, 2.24) is 0 Å². The van der Waals surface area contributed by atoms with E-state index in [4.69, 9.17) is 0 Å². The lowest BCUT2D eigenvalue weighted by atomic mass is 10.1. The van der Waals surface area contributed by atoms with Gasteiger partial charge in [0.2, 0.25) is 0 Å². The number of hydrogen-bond acceptors (Lipinski definition) is 1. The van der Waals surface area contributed by atoms with Gasteiger partial charge in [0.05, 0.1) is 0 Å². The molecule has 0 amide bonds. The predicted octanol–water partition coefficient (Wildman–Crippen LogP) is 3.09. The van der Waals surface area contributed by atoms with E-state index in [-0.39, 0.29) is 0 Å². The van der Waals surface area contributed by atoms with Crippen molar-refractivity contribution in [1.29, 1.82) is 0 Å². The molecule has 0 nitrogen and oxygen atoms in total. The molecule has 0 fully saturated rings. The van der Waals surface area contributed by atoms with Crippen molar-refractivity contribution in [3.05, 3.63) is 45.1 Å². The van der Waals surface area contributed by atoms with Crippen LogP contribution in [0.3, 0.4) is 0 Å². The van der Waals surface area contributed by atoms with Crippen molar-refractivity contribution in [2.75, 3.05) is 0 Å². The Bertz CT molecular complexity index is 593. The van der Waals surface area contributed by atoms with Crippen LogP contribution in [0.2, 0.25) is 13.1 Å². The summed E-state index contributed by atoms with van der Waals surface area (Å²) in [6, 6.07) is 9.49. The minimum Gasteiger partial charge on any atom is -0.145 e. The van der Waals surface area contributed by atoms with Crippen molar-refractivity contribution < 1.29 is 0 Å². The summed E-state index contributed by atoms with van der Waals surface area (Å²) in [6.07, 6.45) is 1.15. The van der Waals surface area contributed by atoms with Crippen LogP contribution in [0, 0.1) is 13.8 Å². The molecule has 2 aromatic rings. The van der Waals surface area contributed by atoms with Crippen LogP contribution in [-0.4, -0.2) is 8.07 Å². The van der Waals surface area contributed by atoms with E-state index in [1.165, 1.54) is 10.4 Å². The fourth-order valence-electron chi connectivity index (χ4n) is 3.02. The summed E-state index contributed by atoms with van der Waals surface area (Å²) in [4.78, 5) is 3.09. The van der Waals surface area contributed by atoms with Gasteiger partial charge in [0.1, 0.15) is 8.07 Å². The van der Waals surface area contributed by atoms with Crippen molar-refractivity contribution in [2.24, 2.45) is 0 Å². The van der Waals surface area contributed by atoms with Gasteiger partial charge in [0.15, 0.2) is 0 Å². The van der Waals surface area contributed by atoms with Crippen molar-refractivity contribution >= 4 is 29.8 Å². The highest BCUT2D eigenvalue weighted by Gasteiger charge is 2.35. The smallest absolute Gasteiger partial charge is 0.114 e. The summed E-state index contributed by atoms with van der Waals surface area (Å²) < 4.78 is 0. The SMILES string of the molecule is Cc1ccc2c(c1)Cc1sc(C)cc1[Si]2(C)C. The molecule has 0 radical (unpaired) electrons. The molecule has 1 aromatic carbocycles. The van der Waals surface area contributed by atoms with Gasteiger partial charge in [0.25, 0.3) is 0 Å². The average molecular weight is 258 g/mol. The van der Waals surface area contributed by atoms with Gasteiger partial charge in [-0.15, -0.1) is 11.3 Å². The fraction of sp³-hybridized carbons (Fsp3) is 0.333. The van der Waals surface area contributed by atoms with E-state index < -0.39 is 8.07 Å². The van der Waals surface area contributed by atoms with E-state index in [0.29, 0.717) is 0 Å². The van der Waals surface area contributed by atoms with Crippen LogP contribution in [-0.2, 0) is 6.42 Å². The van der Waals surface area contributed by atoms with Crippen LogP contribution in [0.5, 0.6) is 0 Å². The van der Waals surface area contributed by atoms with Gasteiger partial charge < -0.3 is 0 Å². The minimum absolute atomic E-state index is 1.15. The molecule has 88 valence electrons. The molecule has 2 heteroatoms. The molecular weight excluding hydrogens is 240 g/mol. The quantitative estimate of drug-likeness (QED) is 0.637. The molecule has 1 aromatic heterocycles. The van der Waals surface area contributed by atoms with Gasteiger partial charge in [-0.2, -0.15) is 0 Å². The molecule has 17 heavy (non-hydrogen) atoms. The highest BCUT2D eigenvalue weighted by Crippen LogP contribution is 2.26. The molecule has 0 aliphatic carbocycles. The van der Waals surface area contributed by atoms with Crippen LogP contribution in [0.25, 0.3) is 0 Å². The first kappa shape index (κ1) is 11.2. The van der Waals surface area contributed by atoms with Gasteiger partial charge in [-0.1, -0.05) is 42.0 Å². The van der Waals surface area contributed by atoms with E-state index in [0.717, 1.165) is 6.42 Å². The molecule has 0 saturated heterocycles. The van der Waals surface area contributed by atoms with Crippen molar-refractivity contribution in [3.8, 4) is 0 Å². The van der Waals surface area contributed by atoms with Crippen LogP contribution in [0.15, 0.2) is 24.3 Å². The number of aryl methyl sites for hydroxylation is 2. The van der Waals surface area contributed by atoms with E-state index in [1.807, 2.05) is 11.3 Å². The third-order valence-corrected chi connectivity index (χ3v) is 8.75. The van der Waals surface area contributed by atoms with Crippen molar-refractivity contribution in [3.63, 3.8) is 0 Å². The molecule has 1 aliphatic heterocycles. The Kier molecular flexibility index (Phi) is 2.36. The second-order valence-corrected chi connectivity index (χ2v) is 11.3. The molecule has 0 unspecified atom stereocenters. The zero-order valence-corrected chi connectivity index (χ0v) is 12.7. The largest absolute Gasteiger partial charge is 0.145 e. The summed E-state index contributed by atoms with van der Waals surface area (Å²) in [5.74, 6) is 0. The highest BCUT2D eigenvalue weighted by atomic mass is 32.1. The number of benzene rings is 1. The first-order chi connectivity index (χ1) is 7.98. The lowest BCUT2D eigenvalue weighted by Gasteiger charge is -2.31. The zero-order valence-electron chi connectivity index (χ0n) is 10.9. The Morgan fingerprint density at radius 1 is 1.06 bits per heavy atom. The summed E-state index contributed by atoms with van der Waals surface area (Å²) in [6.45, 7) is 9.42. The maximum Gasteiger partial charge on any atom is 0.114 e. The van der Waals surface area contributed by atoms with Crippen molar-refractivity contribution in [2.45, 2.75) is 33.4 Å². The number of thiophene rings is 1. The summed E-state index contributed by atoms with van der Waals surface area (Å²) in [5.41, 5.74) is 2.97. The zero-order chi connectivity index (χ0) is 12.2. The van der Waals surface area contributed by atoms with Gasteiger partial charge in [-0.3, -0.25) is 0 Å². The predicted molar refractivity (Wildman–Crippen MR) is 79.8 cm³/mol. The first-order valence-electron chi connectivity index (χ1n) is 6.18. The molecule has 0 saturated carbocycles. The molecule has 2 heterocycles.